The van der Waals surface area contributed by atoms with Crippen molar-refractivity contribution in [3.8, 4) is 6.01 Å². The second-order valence-corrected chi connectivity index (χ2v) is 6.36. The minimum absolute atomic E-state index is 0.322. The molecule has 26 heavy (non-hydrogen) atoms. The topological polar surface area (TPSA) is 73.1 Å². The van der Waals surface area contributed by atoms with Crippen LogP contribution in [0, 0.1) is 5.92 Å². The van der Waals surface area contributed by atoms with E-state index in [9.17, 15) is 13.6 Å². The molecular weight excluding hydrogens is 344 g/mol. The fraction of sp³-hybridized carbons (Fsp3) is 0.529. The normalized spacial score (nSPS) is 16.2. The Morgan fingerprint density at radius 1 is 1.31 bits per heavy atom. The number of methoxy groups -OCH3 is 1. The molecular formula is C17H21F2N5O2. The monoisotopic (exact) mass is 365 g/mol. The second kappa shape index (κ2) is 8.31. The lowest BCUT2D eigenvalue weighted by atomic mass is 9.96. The first-order chi connectivity index (χ1) is 12.5. The lowest BCUT2D eigenvalue weighted by Crippen LogP contribution is -2.36. The molecule has 0 atom stereocenters. The molecule has 3 heterocycles. The lowest BCUT2D eigenvalue weighted by molar-refractivity contribution is 0.144. The first kappa shape index (κ1) is 18.4. The van der Waals surface area contributed by atoms with E-state index in [1.165, 1.54) is 18.0 Å². The van der Waals surface area contributed by atoms with Gasteiger partial charge >= 0.3 is 6.01 Å². The van der Waals surface area contributed by atoms with Crippen LogP contribution in [0.2, 0.25) is 0 Å². The van der Waals surface area contributed by atoms with E-state index < -0.39 is 17.7 Å². The fourth-order valence-electron chi connectivity index (χ4n) is 3.09. The molecule has 1 saturated heterocycles. The maximum Gasteiger partial charge on any atom is 0.316 e. The maximum atomic E-state index is 12.6. The summed E-state index contributed by atoms with van der Waals surface area (Å²) < 4.78 is 31.6. The second-order valence-electron chi connectivity index (χ2n) is 6.36. The molecule has 2 aromatic rings. The number of hydrogen-bond acceptors (Lipinski definition) is 6. The molecule has 0 spiro atoms. The van der Waals surface area contributed by atoms with Gasteiger partial charge in [0.2, 0.25) is 0 Å². The van der Waals surface area contributed by atoms with Gasteiger partial charge in [-0.1, -0.05) is 0 Å². The van der Waals surface area contributed by atoms with Gasteiger partial charge in [0, 0.05) is 25.4 Å². The fourth-order valence-corrected chi connectivity index (χ4v) is 3.09. The third-order valence-corrected chi connectivity index (χ3v) is 4.55. The van der Waals surface area contributed by atoms with E-state index in [2.05, 4.69) is 19.9 Å². The number of nitrogens with zero attached hydrogens (tertiary/aromatic N) is 5. The van der Waals surface area contributed by atoms with Crippen molar-refractivity contribution >= 4 is 0 Å². The van der Waals surface area contributed by atoms with Crippen LogP contribution in [0.1, 0.15) is 30.7 Å². The van der Waals surface area contributed by atoms with Gasteiger partial charge in [-0.05, 0) is 37.9 Å². The zero-order chi connectivity index (χ0) is 18.5. The van der Waals surface area contributed by atoms with Gasteiger partial charge in [0.15, 0.2) is 0 Å². The predicted molar refractivity (Wildman–Crippen MR) is 90.0 cm³/mol. The van der Waals surface area contributed by atoms with E-state index in [1.807, 2.05) is 6.07 Å². The molecule has 7 nitrogen and oxygen atoms in total. The lowest BCUT2D eigenvalue weighted by Gasteiger charge is -2.31. The van der Waals surface area contributed by atoms with Crippen molar-refractivity contribution < 1.29 is 13.5 Å². The Morgan fingerprint density at radius 3 is 2.73 bits per heavy atom. The average molecular weight is 365 g/mol. The molecule has 0 aromatic carbocycles. The minimum atomic E-state index is -2.72. The summed E-state index contributed by atoms with van der Waals surface area (Å²) >= 11 is 0. The van der Waals surface area contributed by atoms with Gasteiger partial charge in [0.05, 0.1) is 19.1 Å². The molecule has 1 aliphatic rings. The Labute approximate surface area is 149 Å². The SMILES string of the molecule is COc1nccc(CN2CCC(Cn3cnc(C(F)F)cc3=O)CC2)n1. The van der Waals surface area contributed by atoms with Crippen LogP contribution in [0.5, 0.6) is 6.01 Å². The number of alkyl halides is 2. The zero-order valence-electron chi connectivity index (χ0n) is 14.5. The van der Waals surface area contributed by atoms with Crippen LogP contribution in [0.3, 0.4) is 0 Å². The van der Waals surface area contributed by atoms with Crippen LogP contribution in [-0.2, 0) is 13.1 Å². The summed E-state index contributed by atoms with van der Waals surface area (Å²) in [5.74, 6) is 0.322. The highest BCUT2D eigenvalue weighted by atomic mass is 19.3. The number of hydrogen-bond donors (Lipinski definition) is 0. The van der Waals surface area contributed by atoms with E-state index in [-0.39, 0.29) is 0 Å². The molecule has 0 aliphatic carbocycles. The highest BCUT2D eigenvalue weighted by molar-refractivity contribution is 5.05. The maximum absolute atomic E-state index is 12.6. The summed E-state index contributed by atoms with van der Waals surface area (Å²) in [7, 11) is 1.54. The van der Waals surface area contributed by atoms with E-state index >= 15 is 0 Å². The summed E-state index contributed by atoms with van der Waals surface area (Å²) in [5, 5.41) is 0. The summed E-state index contributed by atoms with van der Waals surface area (Å²) in [4.78, 5) is 26.2. The van der Waals surface area contributed by atoms with Crippen molar-refractivity contribution in [3.63, 3.8) is 0 Å². The average Bonchev–Trinajstić information content (AvgIpc) is 2.65. The quantitative estimate of drug-likeness (QED) is 0.778. The zero-order valence-corrected chi connectivity index (χ0v) is 14.5. The van der Waals surface area contributed by atoms with E-state index in [1.54, 1.807) is 6.20 Å². The van der Waals surface area contributed by atoms with Crippen molar-refractivity contribution in [1.29, 1.82) is 0 Å². The third-order valence-electron chi connectivity index (χ3n) is 4.55. The number of ether oxygens (including phenoxy) is 1. The molecule has 2 aromatic heterocycles. The summed E-state index contributed by atoms with van der Waals surface area (Å²) in [6.45, 7) is 2.99. The van der Waals surface area contributed by atoms with E-state index in [0.717, 1.165) is 44.2 Å². The van der Waals surface area contributed by atoms with Gasteiger partial charge < -0.3 is 4.74 Å². The summed E-state index contributed by atoms with van der Waals surface area (Å²) in [6.07, 6.45) is 2.03. The molecule has 0 amide bonds. The molecule has 140 valence electrons. The number of halogens is 2. The molecule has 3 rings (SSSR count). The van der Waals surface area contributed by atoms with Gasteiger partial charge in [-0.3, -0.25) is 14.3 Å². The molecule has 9 heteroatoms. The standard InChI is InChI=1S/C17H21F2N5O2/c1-26-17-20-5-2-13(22-17)10-23-6-3-12(4-7-23)9-24-11-21-14(16(18)19)8-15(24)25/h2,5,8,11-12,16H,3-4,6-7,9-10H2,1H3. The summed E-state index contributed by atoms with van der Waals surface area (Å²) in [5.41, 5.74) is 0.00506. The predicted octanol–water partition coefficient (Wildman–Crippen LogP) is 1.89. The van der Waals surface area contributed by atoms with Crippen LogP contribution in [0.25, 0.3) is 0 Å². The number of aromatic nitrogens is 4. The van der Waals surface area contributed by atoms with Crippen molar-refractivity contribution in [2.24, 2.45) is 5.92 Å². The largest absolute Gasteiger partial charge is 0.467 e. The first-order valence-electron chi connectivity index (χ1n) is 8.48. The van der Waals surface area contributed by atoms with Gasteiger partial charge in [0.25, 0.3) is 12.0 Å². The molecule has 0 bridgehead atoms. The Hall–Kier alpha value is -2.42. The van der Waals surface area contributed by atoms with Crippen molar-refractivity contribution in [2.75, 3.05) is 20.2 Å². The van der Waals surface area contributed by atoms with E-state index in [0.29, 0.717) is 18.5 Å². The Balaban J connectivity index is 1.53. The summed E-state index contributed by atoms with van der Waals surface area (Å²) in [6, 6.07) is 3.14. The molecule has 0 saturated carbocycles. The van der Waals surface area contributed by atoms with Crippen molar-refractivity contribution in [1.82, 2.24) is 24.4 Å². The van der Waals surface area contributed by atoms with E-state index in [4.69, 9.17) is 4.74 Å². The van der Waals surface area contributed by atoms with Crippen LogP contribution < -0.4 is 10.3 Å². The van der Waals surface area contributed by atoms with Crippen LogP contribution in [-0.4, -0.2) is 44.6 Å². The minimum Gasteiger partial charge on any atom is -0.467 e. The molecule has 1 fully saturated rings. The first-order valence-corrected chi connectivity index (χ1v) is 8.48. The molecule has 0 radical (unpaired) electrons. The van der Waals surface area contributed by atoms with Gasteiger partial charge in [-0.2, -0.15) is 4.98 Å². The van der Waals surface area contributed by atoms with Crippen LogP contribution in [0.15, 0.2) is 29.5 Å². The molecule has 0 unspecified atom stereocenters. The molecule has 1 aliphatic heterocycles. The third kappa shape index (κ3) is 4.60. The molecule has 0 N–H and O–H groups in total. The van der Waals surface area contributed by atoms with Crippen LogP contribution in [0.4, 0.5) is 8.78 Å². The van der Waals surface area contributed by atoms with Gasteiger partial charge in [0.1, 0.15) is 5.69 Å². The highest BCUT2D eigenvalue weighted by Gasteiger charge is 2.21. The Morgan fingerprint density at radius 2 is 2.08 bits per heavy atom. The van der Waals surface area contributed by atoms with Crippen LogP contribution >= 0.6 is 0 Å². The van der Waals surface area contributed by atoms with Gasteiger partial charge in [-0.25, -0.2) is 18.7 Å². The number of piperidine rings is 1. The van der Waals surface area contributed by atoms with Gasteiger partial charge in [-0.15, -0.1) is 0 Å². The Bertz CT molecular complexity index is 791. The number of likely N-dealkylation sites (tertiary alicyclic amines) is 1. The van der Waals surface area contributed by atoms with Crippen molar-refractivity contribution in [2.45, 2.75) is 32.4 Å². The highest BCUT2D eigenvalue weighted by Crippen LogP contribution is 2.20. The van der Waals surface area contributed by atoms with Crippen molar-refractivity contribution in [3.05, 3.63) is 46.4 Å². The Kier molecular flexibility index (Phi) is 5.87. The smallest absolute Gasteiger partial charge is 0.316 e. The number of rotatable bonds is 6.